The predicted octanol–water partition coefficient (Wildman–Crippen LogP) is 3.14. The number of unbranched alkanes of at least 4 members (excludes halogenated alkanes) is 1. The molecule has 86 valence electrons. The third kappa shape index (κ3) is 11.7. The molecule has 0 aliphatic heterocycles. The van der Waals surface area contributed by atoms with Gasteiger partial charge in [-0.25, -0.2) is 0 Å². The van der Waals surface area contributed by atoms with Crippen LogP contribution in [0.5, 0.6) is 0 Å². The van der Waals surface area contributed by atoms with Crippen molar-refractivity contribution < 1.29 is 30.9 Å². The van der Waals surface area contributed by atoms with Crippen LogP contribution in [0.2, 0.25) is 0 Å². The summed E-state index contributed by atoms with van der Waals surface area (Å²) in [7, 11) is 0. The van der Waals surface area contributed by atoms with Gasteiger partial charge in [0.05, 0.1) is 0 Å². The van der Waals surface area contributed by atoms with Gasteiger partial charge in [0, 0.05) is 26.8 Å². The van der Waals surface area contributed by atoms with E-state index < -0.39 is 5.69 Å². The Hall–Kier alpha value is 1.61. The molecule has 0 rings (SSSR count). The predicted molar refractivity (Wildman–Crippen MR) is 64.5 cm³/mol. The summed E-state index contributed by atoms with van der Waals surface area (Å²) >= 11 is 5.70. The molecule has 0 aromatic carbocycles. The van der Waals surface area contributed by atoms with Crippen molar-refractivity contribution in [3.05, 3.63) is 0 Å². The Morgan fingerprint density at radius 3 is 2.29 bits per heavy atom. The molecule has 14 heavy (non-hydrogen) atoms. The van der Waals surface area contributed by atoms with Gasteiger partial charge in [-0.15, -0.1) is 0 Å². The fourth-order valence-electron chi connectivity index (χ4n) is 1.10. The minimum atomic E-state index is -3.01. The fourth-order valence-corrected chi connectivity index (χ4v) is 3.67. The normalized spacial score (nSPS) is 13.4. The van der Waals surface area contributed by atoms with Crippen LogP contribution in [0, 0.1) is 5.92 Å². The average Bonchev–Trinajstić information content (AvgIpc) is 2.03. The van der Waals surface area contributed by atoms with E-state index in [2.05, 4.69) is 25.7 Å². The summed E-state index contributed by atoms with van der Waals surface area (Å²) in [6.07, 6.45) is 4.70. The molecule has 6 heteroatoms. The first-order valence-corrected chi connectivity index (χ1v) is 8.99. The van der Waals surface area contributed by atoms with Crippen molar-refractivity contribution in [2.75, 3.05) is 5.75 Å². The molecule has 0 aromatic rings. The topological polar surface area (TPSA) is 40.5 Å². The van der Waals surface area contributed by atoms with Crippen molar-refractivity contribution in [3.8, 4) is 0 Å². The maximum atomic E-state index is 9.03. The Balaban J connectivity index is 0. The molecule has 0 heterocycles. The second-order valence-electron chi connectivity index (χ2n) is 3.20. The first-order valence-electron chi connectivity index (χ1n) is 4.69. The number of hydrogen-bond acceptors (Lipinski definition) is 2. The van der Waals surface area contributed by atoms with Gasteiger partial charge >= 0.3 is 0 Å². The van der Waals surface area contributed by atoms with E-state index in [4.69, 9.17) is 9.79 Å². The smallest absolute Gasteiger partial charge is 0.242 e. The third-order valence-corrected chi connectivity index (χ3v) is 5.38. The van der Waals surface area contributed by atoms with Crippen molar-refractivity contribution in [2.24, 2.45) is 5.92 Å². The van der Waals surface area contributed by atoms with Gasteiger partial charge in [0.2, 0.25) is 5.69 Å². The standard InChI is InChI=1S/C8H19O2PS2.Mo/c1-3-5-6-8(4-2)7-13-11(9,10)12;/h8H,3-7H2,1-2H3,(H2,9,10,12);. The van der Waals surface area contributed by atoms with Crippen LogP contribution in [0.3, 0.4) is 0 Å². The summed E-state index contributed by atoms with van der Waals surface area (Å²) in [5.74, 6) is 1.38. The molecule has 0 radical (unpaired) electrons. The van der Waals surface area contributed by atoms with E-state index in [0.717, 1.165) is 23.6 Å². The Morgan fingerprint density at radius 1 is 1.36 bits per heavy atom. The molecular weight excluding hydrogens is 319 g/mol. The SMILES string of the molecule is CCCCC(CC)CSP(O)(O)=S.[Mo]. The molecular formula is C8H19MoO2PS2. The first kappa shape index (κ1) is 18.0. The third-order valence-electron chi connectivity index (χ3n) is 2.02. The summed E-state index contributed by atoms with van der Waals surface area (Å²) in [6, 6.07) is 0. The van der Waals surface area contributed by atoms with E-state index in [9.17, 15) is 0 Å². The average molecular weight is 338 g/mol. The van der Waals surface area contributed by atoms with Crippen LogP contribution in [0.25, 0.3) is 0 Å². The minimum absolute atomic E-state index is 0. The van der Waals surface area contributed by atoms with Crippen molar-refractivity contribution in [3.63, 3.8) is 0 Å². The van der Waals surface area contributed by atoms with Gasteiger partial charge in [0.1, 0.15) is 0 Å². The van der Waals surface area contributed by atoms with Crippen LogP contribution in [-0.4, -0.2) is 15.5 Å². The summed E-state index contributed by atoms with van der Waals surface area (Å²) in [6.45, 7) is 4.31. The molecule has 0 aliphatic rings. The molecule has 0 spiro atoms. The molecule has 1 atom stereocenters. The van der Waals surface area contributed by atoms with Gasteiger partial charge in [-0.3, -0.25) is 0 Å². The quantitative estimate of drug-likeness (QED) is 0.553. The molecule has 0 fully saturated rings. The second kappa shape index (κ2) is 9.81. The van der Waals surface area contributed by atoms with Crippen LogP contribution in [-0.2, 0) is 32.9 Å². The number of hydrogen-bond donors (Lipinski definition) is 2. The molecule has 1 unspecified atom stereocenters. The molecule has 0 aromatic heterocycles. The van der Waals surface area contributed by atoms with Gasteiger partial charge < -0.3 is 9.79 Å². The zero-order valence-electron chi connectivity index (χ0n) is 8.68. The largest absolute Gasteiger partial charge is 0.338 e. The van der Waals surface area contributed by atoms with Crippen molar-refractivity contribution in [1.29, 1.82) is 0 Å². The molecule has 2 nitrogen and oxygen atoms in total. The summed E-state index contributed by atoms with van der Waals surface area (Å²) < 4.78 is 0. The maximum absolute atomic E-state index is 9.03. The molecule has 0 saturated carbocycles. The van der Waals surface area contributed by atoms with E-state index >= 15 is 0 Å². The Kier molecular flexibility index (Phi) is 12.6. The van der Waals surface area contributed by atoms with Gasteiger partial charge in [-0.1, -0.05) is 44.5 Å². The Labute approximate surface area is 110 Å². The summed E-state index contributed by atoms with van der Waals surface area (Å²) in [4.78, 5) is 18.1. The van der Waals surface area contributed by atoms with E-state index in [-0.39, 0.29) is 21.1 Å². The molecule has 0 bridgehead atoms. The zero-order chi connectivity index (χ0) is 10.3. The first-order chi connectivity index (χ1) is 5.99. The number of rotatable bonds is 7. The van der Waals surface area contributed by atoms with Crippen LogP contribution >= 0.6 is 17.1 Å². The second-order valence-corrected chi connectivity index (χ2v) is 9.30. The van der Waals surface area contributed by atoms with Crippen LogP contribution in [0.1, 0.15) is 39.5 Å². The Morgan fingerprint density at radius 2 is 1.93 bits per heavy atom. The van der Waals surface area contributed by atoms with E-state index in [1.54, 1.807) is 0 Å². The molecule has 0 saturated heterocycles. The van der Waals surface area contributed by atoms with E-state index in [1.807, 2.05) is 0 Å². The van der Waals surface area contributed by atoms with Gasteiger partial charge in [0.25, 0.3) is 0 Å². The van der Waals surface area contributed by atoms with E-state index in [0.29, 0.717) is 5.92 Å². The van der Waals surface area contributed by atoms with Crippen molar-refractivity contribution in [2.45, 2.75) is 39.5 Å². The van der Waals surface area contributed by atoms with E-state index in [1.165, 1.54) is 19.3 Å². The maximum Gasteiger partial charge on any atom is 0.242 e. The zero-order valence-corrected chi connectivity index (χ0v) is 13.2. The fraction of sp³-hybridized carbons (Fsp3) is 1.00. The van der Waals surface area contributed by atoms with Crippen LogP contribution < -0.4 is 0 Å². The molecule has 0 amide bonds. The molecule has 0 aliphatic carbocycles. The summed E-state index contributed by atoms with van der Waals surface area (Å²) in [5.41, 5.74) is -3.01. The Bertz CT molecular complexity index is 175. The van der Waals surface area contributed by atoms with Crippen molar-refractivity contribution >= 4 is 28.9 Å². The van der Waals surface area contributed by atoms with Gasteiger partial charge in [-0.05, 0) is 24.1 Å². The van der Waals surface area contributed by atoms with Gasteiger partial charge in [-0.2, -0.15) is 0 Å². The molecule has 2 N–H and O–H groups in total. The van der Waals surface area contributed by atoms with Crippen LogP contribution in [0.4, 0.5) is 0 Å². The van der Waals surface area contributed by atoms with Gasteiger partial charge in [0.15, 0.2) is 0 Å². The summed E-state index contributed by atoms with van der Waals surface area (Å²) in [5, 5.41) is 0. The minimum Gasteiger partial charge on any atom is -0.338 e. The van der Waals surface area contributed by atoms with Crippen molar-refractivity contribution in [1.82, 2.24) is 0 Å². The van der Waals surface area contributed by atoms with Crippen LogP contribution in [0.15, 0.2) is 0 Å². The monoisotopic (exact) mass is 340 g/mol.